The SMILES string of the molecule is CC1(C)CCC(O)(CNCc2ccccc2)CC1. The van der Waals surface area contributed by atoms with Gasteiger partial charge in [0.2, 0.25) is 0 Å². The first-order chi connectivity index (χ1) is 8.49. The zero-order valence-electron chi connectivity index (χ0n) is 11.6. The average Bonchev–Trinajstić information content (AvgIpc) is 2.35. The van der Waals surface area contributed by atoms with E-state index >= 15 is 0 Å². The molecule has 0 spiro atoms. The molecule has 0 saturated heterocycles. The third-order valence-electron chi connectivity index (χ3n) is 4.16. The number of rotatable bonds is 4. The van der Waals surface area contributed by atoms with Crippen molar-refractivity contribution in [2.75, 3.05) is 6.54 Å². The third-order valence-corrected chi connectivity index (χ3v) is 4.16. The molecule has 1 saturated carbocycles. The molecule has 2 nitrogen and oxygen atoms in total. The van der Waals surface area contributed by atoms with Crippen LogP contribution in [0.3, 0.4) is 0 Å². The molecule has 0 bridgehead atoms. The molecule has 0 amide bonds. The zero-order valence-corrected chi connectivity index (χ0v) is 11.6. The monoisotopic (exact) mass is 247 g/mol. The molecule has 0 atom stereocenters. The van der Waals surface area contributed by atoms with Gasteiger partial charge in [-0.25, -0.2) is 0 Å². The summed E-state index contributed by atoms with van der Waals surface area (Å²) in [7, 11) is 0. The third kappa shape index (κ3) is 3.82. The van der Waals surface area contributed by atoms with Gasteiger partial charge in [-0.1, -0.05) is 44.2 Å². The van der Waals surface area contributed by atoms with E-state index in [2.05, 4.69) is 43.4 Å². The van der Waals surface area contributed by atoms with Gasteiger partial charge in [0.1, 0.15) is 0 Å². The van der Waals surface area contributed by atoms with Gasteiger partial charge in [0.25, 0.3) is 0 Å². The minimum absolute atomic E-state index is 0.408. The summed E-state index contributed by atoms with van der Waals surface area (Å²) in [6.45, 7) is 6.14. The van der Waals surface area contributed by atoms with Crippen molar-refractivity contribution in [1.82, 2.24) is 5.32 Å². The highest BCUT2D eigenvalue weighted by atomic mass is 16.3. The highest BCUT2D eigenvalue weighted by Crippen LogP contribution is 2.39. The number of hydrogen-bond acceptors (Lipinski definition) is 2. The van der Waals surface area contributed by atoms with Crippen molar-refractivity contribution in [2.24, 2.45) is 5.41 Å². The number of benzene rings is 1. The minimum Gasteiger partial charge on any atom is -0.389 e. The number of aliphatic hydroxyl groups is 1. The van der Waals surface area contributed by atoms with Crippen LogP contribution in [0, 0.1) is 5.41 Å². The molecule has 0 aliphatic heterocycles. The summed E-state index contributed by atoms with van der Waals surface area (Å²) in [4.78, 5) is 0. The Morgan fingerprint density at radius 1 is 1.06 bits per heavy atom. The van der Waals surface area contributed by atoms with E-state index in [0.717, 1.165) is 32.2 Å². The van der Waals surface area contributed by atoms with Crippen molar-refractivity contribution in [3.8, 4) is 0 Å². The Morgan fingerprint density at radius 3 is 2.28 bits per heavy atom. The van der Waals surface area contributed by atoms with Crippen molar-refractivity contribution in [2.45, 2.75) is 51.7 Å². The van der Waals surface area contributed by atoms with Crippen LogP contribution in [0.25, 0.3) is 0 Å². The van der Waals surface area contributed by atoms with Gasteiger partial charge in [-0.15, -0.1) is 0 Å². The molecule has 1 fully saturated rings. The van der Waals surface area contributed by atoms with Crippen LogP contribution in [0.4, 0.5) is 0 Å². The summed E-state index contributed by atoms with van der Waals surface area (Å²) in [5.74, 6) is 0. The van der Waals surface area contributed by atoms with Crippen LogP contribution in [0.5, 0.6) is 0 Å². The summed E-state index contributed by atoms with van der Waals surface area (Å²) >= 11 is 0. The van der Waals surface area contributed by atoms with E-state index in [4.69, 9.17) is 0 Å². The Hall–Kier alpha value is -0.860. The highest BCUT2D eigenvalue weighted by molar-refractivity contribution is 5.14. The van der Waals surface area contributed by atoms with Crippen LogP contribution in [0.2, 0.25) is 0 Å². The molecule has 1 aromatic rings. The maximum atomic E-state index is 10.5. The maximum absolute atomic E-state index is 10.5. The van der Waals surface area contributed by atoms with Gasteiger partial charge in [-0.05, 0) is 36.7 Å². The second-order valence-corrected chi connectivity index (χ2v) is 6.48. The Labute approximate surface area is 110 Å². The van der Waals surface area contributed by atoms with Crippen LogP contribution >= 0.6 is 0 Å². The fourth-order valence-corrected chi connectivity index (χ4v) is 2.60. The summed E-state index contributed by atoms with van der Waals surface area (Å²) in [5.41, 5.74) is 1.19. The molecule has 1 aliphatic carbocycles. The summed E-state index contributed by atoms with van der Waals surface area (Å²) < 4.78 is 0. The quantitative estimate of drug-likeness (QED) is 0.857. The van der Waals surface area contributed by atoms with Gasteiger partial charge < -0.3 is 10.4 Å². The maximum Gasteiger partial charge on any atom is 0.0772 e. The molecular weight excluding hydrogens is 222 g/mol. The van der Waals surface area contributed by atoms with Gasteiger partial charge in [-0.3, -0.25) is 0 Å². The van der Waals surface area contributed by atoms with Crippen LogP contribution in [0.15, 0.2) is 30.3 Å². The topological polar surface area (TPSA) is 32.3 Å². The summed E-state index contributed by atoms with van der Waals surface area (Å²) in [5, 5.41) is 13.9. The van der Waals surface area contributed by atoms with Crippen LogP contribution in [-0.2, 0) is 6.54 Å². The lowest BCUT2D eigenvalue weighted by molar-refractivity contribution is -0.0245. The van der Waals surface area contributed by atoms with Crippen molar-refractivity contribution < 1.29 is 5.11 Å². The molecule has 2 N–H and O–H groups in total. The molecule has 0 aromatic heterocycles. The molecule has 2 heteroatoms. The van der Waals surface area contributed by atoms with Gasteiger partial charge in [0.05, 0.1) is 5.60 Å². The van der Waals surface area contributed by atoms with E-state index in [1.807, 2.05) is 6.07 Å². The largest absolute Gasteiger partial charge is 0.389 e. The Morgan fingerprint density at radius 2 is 1.67 bits per heavy atom. The molecule has 1 aliphatic rings. The van der Waals surface area contributed by atoms with Crippen LogP contribution in [0.1, 0.15) is 45.1 Å². The average molecular weight is 247 g/mol. The zero-order chi connectivity index (χ0) is 13.1. The van der Waals surface area contributed by atoms with Crippen LogP contribution < -0.4 is 5.32 Å². The summed E-state index contributed by atoms with van der Waals surface area (Å²) in [6.07, 6.45) is 4.08. The molecule has 0 unspecified atom stereocenters. The highest BCUT2D eigenvalue weighted by Gasteiger charge is 2.36. The molecule has 100 valence electrons. The van der Waals surface area contributed by atoms with E-state index in [-0.39, 0.29) is 0 Å². The lowest BCUT2D eigenvalue weighted by atomic mass is 9.71. The molecule has 0 radical (unpaired) electrons. The Balaban J connectivity index is 1.77. The Kier molecular flexibility index (Phi) is 4.08. The van der Waals surface area contributed by atoms with Crippen molar-refractivity contribution in [3.63, 3.8) is 0 Å². The van der Waals surface area contributed by atoms with Gasteiger partial charge in [0, 0.05) is 13.1 Å². The first-order valence-corrected chi connectivity index (χ1v) is 6.96. The van der Waals surface area contributed by atoms with Gasteiger partial charge >= 0.3 is 0 Å². The number of hydrogen-bond donors (Lipinski definition) is 2. The minimum atomic E-state index is -0.496. The Bertz CT molecular complexity index is 362. The van der Waals surface area contributed by atoms with Crippen molar-refractivity contribution in [1.29, 1.82) is 0 Å². The standard InChI is InChI=1S/C16H25NO/c1-15(2)8-10-16(18,11-9-15)13-17-12-14-6-4-3-5-7-14/h3-7,17-18H,8-13H2,1-2H3. The van der Waals surface area contributed by atoms with E-state index in [1.165, 1.54) is 5.56 Å². The van der Waals surface area contributed by atoms with Crippen molar-refractivity contribution in [3.05, 3.63) is 35.9 Å². The lowest BCUT2D eigenvalue weighted by Crippen LogP contribution is -2.44. The molecule has 2 rings (SSSR count). The smallest absolute Gasteiger partial charge is 0.0772 e. The van der Waals surface area contributed by atoms with E-state index in [1.54, 1.807) is 0 Å². The summed E-state index contributed by atoms with van der Waals surface area (Å²) in [6, 6.07) is 10.4. The number of nitrogens with one attached hydrogen (secondary N) is 1. The van der Waals surface area contributed by atoms with Gasteiger partial charge in [0.15, 0.2) is 0 Å². The fourth-order valence-electron chi connectivity index (χ4n) is 2.60. The van der Waals surface area contributed by atoms with E-state index in [9.17, 15) is 5.11 Å². The molecule has 0 heterocycles. The normalized spacial score (nSPS) is 21.7. The van der Waals surface area contributed by atoms with E-state index < -0.39 is 5.60 Å². The first kappa shape index (κ1) is 13.6. The first-order valence-electron chi connectivity index (χ1n) is 6.96. The van der Waals surface area contributed by atoms with E-state index in [0.29, 0.717) is 12.0 Å². The predicted molar refractivity (Wildman–Crippen MR) is 75.3 cm³/mol. The second kappa shape index (κ2) is 5.41. The second-order valence-electron chi connectivity index (χ2n) is 6.48. The molecular formula is C16H25NO. The van der Waals surface area contributed by atoms with Crippen LogP contribution in [-0.4, -0.2) is 17.3 Å². The molecule has 1 aromatic carbocycles. The lowest BCUT2D eigenvalue weighted by Gasteiger charge is -2.40. The van der Waals surface area contributed by atoms with Gasteiger partial charge in [-0.2, -0.15) is 0 Å². The van der Waals surface area contributed by atoms with Crippen molar-refractivity contribution >= 4 is 0 Å². The molecule has 18 heavy (non-hydrogen) atoms. The fraction of sp³-hybridized carbons (Fsp3) is 0.625. The predicted octanol–water partition coefficient (Wildman–Crippen LogP) is 3.11.